The molecule has 0 saturated heterocycles. The minimum absolute atomic E-state index is 0.213. The number of alkyl halides is 3. The molecule has 0 aliphatic heterocycles. The Morgan fingerprint density at radius 2 is 1.93 bits per heavy atom. The van der Waals surface area contributed by atoms with Crippen LogP contribution in [0.1, 0.15) is 27.2 Å². The van der Waals surface area contributed by atoms with Crippen LogP contribution >= 0.6 is 0 Å². The van der Waals surface area contributed by atoms with Crippen molar-refractivity contribution in [3.05, 3.63) is 23.3 Å². The fourth-order valence-corrected chi connectivity index (χ4v) is 1.95. The van der Waals surface area contributed by atoms with E-state index in [-0.39, 0.29) is 12.3 Å². The van der Waals surface area contributed by atoms with Gasteiger partial charge < -0.3 is 0 Å². The lowest BCUT2D eigenvalue weighted by Gasteiger charge is -2.26. The zero-order chi connectivity index (χ0) is 11.6. The van der Waals surface area contributed by atoms with E-state index in [4.69, 9.17) is 0 Å². The van der Waals surface area contributed by atoms with E-state index >= 15 is 0 Å². The zero-order valence-corrected chi connectivity index (χ0v) is 9.31. The molecule has 3 atom stereocenters. The van der Waals surface area contributed by atoms with Gasteiger partial charge in [-0.05, 0) is 26.3 Å². The van der Waals surface area contributed by atoms with Crippen molar-refractivity contribution in [2.75, 3.05) is 0 Å². The Balaban J connectivity index is 2.68. The average molecular weight is 218 g/mol. The molecular formula is C12H17F3. The van der Waals surface area contributed by atoms with Crippen molar-refractivity contribution in [2.24, 2.45) is 11.8 Å². The summed E-state index contributed by atoms with van der Waals surface area (Å²) < 4.78 is 38.3. The van der Waals surface area contributed by atoms with Crippen molar-refractivity contribution in [2.45, 2.75) is 39.8 Å². The summed E-state index contributed by atoms with van der Waals surface area (Å²) >= 11 is 0. The van der Waals surface area contributed by atoms with Crippen LogP contribution in [0.3, 0.4) is 0 Å². The first-order valence-corrected chi connectivity index (χ1v) is 5.20. The first-order chi connectivity index (χ1) is 6.91. The van der Waals surface area contributed by atoms with Gasteiger partial charge in [0.25, 0.3) is 0 Å². The highest BCUT2D eigenvalue weighted by atomic mass is 19.3. The van der Waals surface area contributed by atoms with Gasteiger partial charge in [0.15, 0.2) is 0 Å². The predicted molar refractivity (Wildman–Crippen MR) is 55.7 cm³/mol. The molecule has 0 nitrogen and oxygen atoms in total. The molecule has 1 aliphatic carbocycles. The zero-order valence-electron chi connectivity index (χ0n) is 9.31. The van der Waals surface area contributed by atoms with Crippen molar-refractivity contribution < 1.29 is 13.2 Å². The third-order valence-electron chi connectivity index (χ3n) is 2.90. The highest BCUT2D eigenvalue weighted by Crippen LogP contribution is 2.32. The third kappa shape index (κ3) is 3.11. The first-order valence-electron chi connectivity index (χ1n) is 5.20. The molecule has 0 amide bonds. The molecule has 0 spiro atoms. The summed E-state index contributed by atoms with van der Waals surface area (Å²) in [5.41, 5.74) is 1.75. The summed E-state index contributed by atoms with van der Waals surface area (Å²) in [5, 5.41) is 0. The van der Waals surface area contributed by atoms with E-state index in [1.54, 1.807) is 0 Å². The lowest BCUT2D eigenvalue weighted by atomic mass is 9.82. The molecule has 0 aromatic rings. The number of hydrogen-bond acceptors (Lipinski definition) is 0. The Hall–Kier alpha value is -0.730. The van der Waals surface area contributed by atoms with Gasteiger partial charge in [-0.3, -0.25) is 0 Å². The monoisotopic (exact) mass is 218 g/mol. The van der Waals surface area contributed by atoms with Crippen molar-refractivity contribution >= 4 is 0 Å². The highest BCUT2D eigenvalue weighted by Gasteiger charge is 2.28. The molecule has 0 bridgehead atoms. The van der Waals surface area contributed by atoms with Gasteiger partial charge in [-0.25, -0.2) is 13.2 Å². The van der Waals surface area contributed by atoms with Crippen LogP contribution in [0.5, 0.6) is 0 Å². The summed E-state index contributed by atoms with van der Waals surface area (Å²) in [5.74, 6) is -1.12. The van der Waals surface area contributed by atoms with Crippen molar-refractivity contribution in [3.63, 3.8) is 0 Å². The highest BCUT2D eigenvalue weighted by molar-refractivity contribution is 5.29. The summed E-state index contributed by atoms with van der Waals surface area (Å²) in [6.45, 7) is 5.10. The number of rotatable bonds is 3. The number of allylic oxidation sites excluding steroid dienone is 4. The van der Waals surface area contributed by atoms with Gasteiger partial charge in [-0.15, -0.1) is 0 Å². The second-order valence-electron chi connectivity index (χ2n) is 4.40. The molecule has 3 heteroatoms. The maximum Gasteiger partial charge on any atom is 0.241 e. The van der Waals surface area contributed by atoms with E-state index < -0.39 is 18.5 Å². The fraction of sp³-hybridized carbons (Fsp3) is 0.667. The van der Waals surface area contributed by atoms with Crippen molar-refractivity contribution in [3.8, 4) is 0 Å². The van der Waals surface area contributed by atoms with E-state index in [9.17, 15) is 13.2 Å². The maximum atomic E-state index is 13.6. The molecule has 0 aromatic carbocycles. The minimum atomic E-state index is -2.36. The number of halogens is 3. The standard InChI is InChI=1S/C12H17F3/c1-7-4-8(2)10(11(13)5-7)6-9(3)12(14)15/h4-5,9-12H,6H2,1-3H3. The van der Waals surface area contributed by atoms with Gasteiger partial charge in [0.1, 0.15) is 6.17 Å². The second kappa shape index (κ2) is 4.86. The molecule has 0 aromatic heterocycles. The summed E-state index contributed by atoms with van der Waals surface area (Å²) in [6.07, 6.45) is 0.118. The molecule has 0 N–H and O–H groups in total. The molecule has 0 heterocycles. The molecular weight excluding hydrogens is 201 g/mol. The van der Waals surface area contributed by atoms with Gasteiger partial charge in [0.05, 0.1) is 0 Å². The van der Waals surface area contributed by atoms with Crippen molar-refractivity contribution in [1.29, 1.82) is 0 Å². The molecule has 1 aliphatic rings. The van der Waals surface area contributed by atoms with Gasteiger partial charge >= 0.3 is 0 Å². The van der Waals surface area contributed by atoms with Crippen LogP contribution in [0.2, 0.25) is 0 Å². The SMILES string of the molecule is CC1=CC(F)C(CC(C)C(F)F)C(C)=C1. The van der Waals surface area contributed by atoms with Gasteiger partial charge in [-0.1, -0.05) is 24.1 Å². The molecule has 1 rings (SSSR count). The maximum absolute atomic E-state index is 13.6. The largest absolute Gasteiger partial charge is 0.242 e. The van der Waals surface area contributed by atoms with Crippen LogP contribution in [0, 0.1) is 11.8 Å². The molecule has 0 radical (unpaired) electrons. The van der Waals surface area contributed by atoms with E-state index in [1.807, 2.05) is 19.9 Å². The first kappa shape index (κ1) is 12.3. The Labute approximate surface area is 88.9 Å². The summed E-state index contributed by atoms with van der Waals surface area (Å²) in [7, 11) is 0. The minimum Gasteiger partial charge on any atom is -0.242 e. The van der Waals surface area contributed by atoms with Gasteiger partial charge in [-0.2, -0.15) is 0 Å². The normalized spacial score (nSPS) is 28.7. The van der Waals surface area contributed by atoms with Crippen LogP contribution in [0.15, 0.2) is 23.3 Å². The Morgan fingerprint density at radius 3 is 2.40 bits per heavy atom. The molecule has 15 heavy (non-hydrogen) atoms. The van der Waals surface area contributed by atoms with Crippen molar-refractivity contribution in [1.82, 2.24) is 0 Å². The van der Waals surface area contributed by atoms with Gasteiger partial charge in [0.2, 0.25) is 6.43 Å². The Kier molecular flexibility index (Phi) is 4.00. The average Bonchev–Trinajstić information content (AvgIpc) is 2.10. The molecule has 3 unspecified atom stereocenters. The quantitative estimate of drug-likeness (QED) is 0.668. The van der Waals surface area contributed by atoms with Crippen LogP contribution < -0.4 is 0 Å². The molecule has 0 fully saturated rings. The van der Waals surface area contributed by atoms with Crippen LogP contribution in [-0.4, -0.2) is 12.6 Å². The van der Waals surface area contributed by atoms with Gasteiger partial charge in [0, 0.05) is 11.8 Å². The Bertz CT molecular complexity index is 279. The predicted octanol–water partition coefficient (Wildman–Crippen LogP) is 4.14. The smallest absolute Gasteiger partial charge is 0.241 e. The van der Waals surface area contributed by atoms with E-state index in [1.165, 1.54) is 13.0 Å². The molecule has 0 saturated carbocycles. The summed E-state index contributed by atoms with van der Waals surface area (Å²) in [4.78, 5) is 0. The summed E-state index contributed by atoms with van der Waals surface area (Å²) in [6, 6.07) is 0. The topological polar surface area (TPSA) is 0 Å². The van der Waals surface area contributed by atoms with E-state index in [2.05, 4.69) is 0 Å². The number of hydrogen-bond donors (Lipinski definition) is 0. The molecule has 86 valence electrons. The Morgan fingerprint density at radius 1 is 1.33 bits per heavy atom. The lowest BCUT2D eigenvalue weighted by Crippen LogP contribution is -2.23. The van der Waals surface area contributed by atoms with E-state index in [0.29, 0.717) is 0 Å². The second-order valence-corrected chi connectivity index (χ2v) is 4.40. The third-order valence-corrected chi connectivity index (χ3v) is 2.90. The van der Waals surface area contributed by atoms with Crippen LogP contribution in [-0.2, 0) is 0 Å². The van der Waals surface area contributed by atoms with E-state index in [0.717, 1.165) is 11.1 Å². The lowest BCUT2D eigenvalue weighted by molar-refractivity contribution is 0.0693. The van der Waals surface area contributed by atoms with Crippen LogP contribution in [0.4, 0.5) is 13.2 Å². The van der Waals surface area contributed by atoms with Crippen LogP contribution in [0.25, 0.3) is 0 Å². The fourth-order valence-electron chi connectivity index (χ4n) is 1.95.